The summed E-state index contributed by atoms with van der Waals surface area (Å²) in [6.07, 6.45) is 6.89. The first-order chi connectivity index (χ1) is 10.8. The van der Waals surface area contributed by atoms with Crippen molar-refractivity contribution in [2.24, 2.45) is 0 Å². The Balaban J connectivity index is 1.66. The van der Waals surface area contributed by atoms with Crippen LogP contribution in [0.2, 0.25) is 0 Å². The highest BCUT2D eigenvalue weighted by Crippen LogP contribution is 2.19. The second-order valence-corrected chi connectivity index (χ2v) is 5.62. The number of nitrogens with zero attached hydrogens (tertiary/aromatic N) is 2. The van der Waals surface area contributed by atoms with Gasteiger partial charge in [0, 0.05) is 18.8 Å². The molecule has 2 heterocycles. The van der Waals surface area contributed by atoms with E-state index < -0.39 is 0 Å². The maximum Gasteiger partial charge on any atom is 0.274 e. The van der Waals surface area contributed by atoms with E-state index >= 15 is 0 Å². The number of nitrogens with one attached hydrogen (secondary N) is 1. The van der Waals surface area contributed by atoms with E-state index in [1.54, 1.807) is 6.07 Å². The van der Waals surface area contributed by atoms with Gasteiger partial charge in [0.05, 0.1) is 11.9 Å². The molecular formula is C18H21N3O. The highest BCUT2D eigenvalue weighted by molar-refractivity contribution is 6.02. The zero-order valence-electron chi connectivity index (χ0n) is 12.7. The summed E-state index contributed by atoms with van der Waals surface area (Å²) in [5.74, 6) is -0.173. The van der Waals surface area contributed by atoms with Crippen molar-refractivity contribution >= 4 is 17.3 Å². The SMILES string of the molecule is O=C(Nc1ccccc1)c1ccc(N2CCCCCC2)cn1. The van der Waals surface area contributed by atoms with Gasteiger partial charge in [-0.2, -0.15) is 0 Å². The van der Waals surface area contributed by atoms with E-state index in [0.29, 0.717) is 5.69 Å². The summed E-state index contributed by atoms with van der Waals surface area (Å²) in [4.78, 5) is 18.9. The van der Waals surface area contributed by atoms with Crippen LogP contribution < -0.4 is 10.2 Å². The average Bonchev–Trinajstić information content (AvgIpc) is 2.85. The number of hydrogen-bond acceptors (Lipinski definition) is 3. The largest absolute Gasteiger partial charge is 0.370 e. The lowest BCUT2D eigenvalue weighted by atomic mass is 10.2. The van der Waals surface area contributed by atoms with Crippen molar-refractivity contribution in [3.63, 3.8) is 0 Å². The molecule has 0 bridgehead atoms. The summed E-state index contributed by atoms with van der Waals surface area (Å²) in [5, 5.41) is 2.85. The highest BCUT2D eigenvalue weighted by Gasteiger charge is 2.12. The summed E-state index contributed by atoms with van der Waals surface area (Å²) >= 11 is 0. The third-order valence-electron chi connectivity index (χ3n) is 3.98. The predicted octanol–water partition coefficient (Wildman–Crippen LogP) is 3.71. The molecule has 1 fully saturated rings. The Hall–Kier alpha value is -2.36. The van der Waals surface area contributed by atoms with Crippen molar-refractivity contribution in [1.82, 2.24) is 4.98 Å². The van der Waals surface area contributed by atoms with Gasteiger partial charge in [0.1, 0.15) is 5.69 Å². The number of aromatic nitrogens is 1. The fraction of sp³-hybridized carbons (Fsp3) is 0.333. The average molecular weight is 295 g/mol. The van der Waals surface area contributed by atoms with E-state index in [9.17, 15) is 4.79 Å². The Morgan fingerprint density at radius 1 is 0.955 bits per heavy atom. The van der Waals surface area contributed by atoms with Gasteiger partial charge in [-0.3, -0.25) is 4.79 Å². The van der Waals surface area contributed by atoms with Gasteiger partial charge in [0.2, 0.25) is 0 Å². The minimum absolute atomic E-state index is 0.173. The molecule has 1 aliphatic rings. The van der Waals surface area contributed by atoms with Crippen LogP contribution in [0, 0.1) is 0 Å². The number of hydrogen-bond donors (Lipinski definition) is 1. The molecule has 114 valence electrons. The van der Waals surface area contributed by atoms with Gasteiger partial charge in [-0.15, -0.1) is 0 Å². The number of anilines is 2. The summed E-state index contributed by atoms with van der Waals surface area (Å²) in [5.41, 5.74) is 2.34. The molecule has 4 nitrogen and oxygen atoms in total. The Bertz CT molecular complexity index is 602. The number of carbonyl (C=O) groups is 1. The summed E-state index contributed by atoms with van der Waals surface area (Å²) in [7, 11) is 0. The van der Waals surface area contributed by atoms with Crippen LogP contribution in [-0.4, -0.2) is 24.0 Å². The fourth-order valence-electron chi connectivity index (χ4n) is 2.75. The van der Waals surface area contributed by atoms with E-state index in [1.807, 2.05) is 42.6 Å². The number of para-hydroxylation sites is 1. The molecular weight excluding hydrogens is 274 g/mol. The Kier molecular flexibility index (Phi) is 4.68. The highest BCUT2D eigenvalue weighted by atomic mass is 16.1. The van der Waals surface area contributed by atoms with Crippen molar-refractivity contribution in [1.29, 1.82) is 0 Å². The lowest BCUT2D eigenvalue weighted by Crippen LogP contribution is -2.24. The van der Waals surface area contributed by atoms with Gasteiger partial charge < -0.3 is 10.2 Å². The summed E-state index contributed by atoms with van der Waals surface area (Å²) < 4.78 is 0. The van der Waals surface area contributed by atoms with Crippen LogP contribution >= 0.6 is 0 Å². The molecule has 0 aliphatic carbocycles. The van der Waals surface area contributed by atoms with Gasteiger partial charge in [-0.25, -0.2) is 4.98 Å². The molecule has 1 saturated heterocycles. The number of amides is 1. The number of benzene rings is 1. The molecule has 2 aromatic rings. The molecule has 0 unspecified atom stereocenters. The molecule has 1 N–H and O–H groups in total. The molecule has 4 heteroatoms. The summed E-state index contributed by atoms with van der Waals surface area (Å²) in [6.45, 7) is 2.16. The third-order valence-corrected chi connectivity index (χ3v) is 3.98. The third kappa shape index (κ3) is 3.64. The number of carbonyl (C=O) groups excluding carboxylic acids is 1. The second-order valence-electron chi connectivity index (χ2n) is 5.62. The molecule has 0 spiro atoms. The van der Waals surface area contributed by atoms with Crippen molar-refractivity contribution < 1.29 is 4.79 Å². The standard InChI is InChI=1S/C18H21N3O/c22-18(20-15-8-4-3-5-9-15)17-11-10-16(14-19-17)21-12-6-1-2-7-13-21/h3-5,8-11,14H,1-2,6-7,12-13H2,(H,20,22). The van der Waals surface area contributed by atoms with E-state index in [2.05, 4.69) is 15.2 Å². The van der Waals surface area contributed by atoms with Gasteiger partial charge in [0.25, 0.3) is 5.91 Å². The lowest BCUT2D eigenvalue weighted by Gasteiger charge is -2.22. The molecule has 1 amide bonds. The quantitative estimate of drug-likeness (QED) is 0.938. The molecule has 0 saturated carbocycles. The van der Waals surface area contributed by atoms with Crippen molar-refractivity contribution in [3.05, 3.63) is 54.4 Å². The van der Waals surface area contributed by atoms with Gasteiger partial charge in [-0.05, 0) is 37.1 Å². The summed E-state index contributed by atoms with van der Waals surface area (Å²) in [6, 6.07) is 13.2. The zero-order chi connectivity index (χ0) is 15.2. The Labute approximate surface area is 131 Å². The number of pyridine rings is 1. The first-order valence-corrected chi connectivity index (χ1v) is 7.90. The predicted molar refractivity (Wildman–Crippen MR) is 89.3 cm³/mol. The smallest absolute Gasteiger partial charge is 0.274 e. The molecule has 1 aliphatic heterocycles. The first kappa shape index (κ1) is 14.6. The first-order valence-electron chi connectivity index (χ1n) is 7.90. The monoisotopic (exact) mass is 295 g/mol. The van der Waals surface area contributed by atoms with Crippen LogP contribution in [0.4, 0.5) is 11.4 Å². The second kappa shape index (κ2) is 7.07. The van der Waals surface area contributed by atoms with Gasteiger partial charge in [0.15, 0.2) is 0 Å². The normalized spacial score (nSPS) is 15.2. The van der Waals surface area contributed by atoms with Crippen LogP contribution in [-0.2, 0) is 0 Å². The van der Waals surface area contributed by atoms with Crippen LogP contribution in [0.25, 0.3) is 0 Å². The van der Waals surface area contributed by atoms with Crippen molar-refractivity contribution in [3.8, 4) is 0 Å². The fourth-order valence-corrected chi connectivity index (χ4v) is 2.75. The van der Waals surface area contributed by atoms with Crippen LogP contribution in [0.1, 0.15) is 36.2 Å². The maximum absolute atomic E-state index is 12.2. The van der Waals surface area contributed by atoms with Crippen LogP contribution in [0.5, 0.6) is 0 Å². The van der Waals surface area contributed by atoms with E-state index in [1.165, 1.54) is 25.7 Å². The molecule has 1 aromatic carbocycles. The molecule has 1 aromatic heterocycles. The molecule has 0 radical (unpaired) electrons. The van der Waals surface area contributed by atoms with Gasteiger partial charge in [-0.1, -0.05) is 31.0 Å². The van der Waals surface area contributed by atoms with Crippen LogP contribution in [0.15, 0.2) is 48.7 Å². The Morgan fingerprint density at radius 3 is 2.32 bits per heavy atom. The molecule has 0 atom stereocenters. The van der Waals surface area contributed by atoms with Crippen molar-refractivity contribution in [2.45, 2.75) is 25.7 Å². The molecule has 22 heavy (non-hydrogen) atoms. The van der Waals surface area contributed by atoms with E-state index in [-0.39, 0.29) is 5.91 Å². The number of rotatable bonds is 3. The van der Waals surface area contributed by atoms with E-state index in [4.69, 9.17) is 0 Å². The minimum Gasteiger partial charge on any atom is -0.370 e. The van der Waals surface area contributed by atoms with E-state index in [0.717, 1.165) is 24.5 Å². The minimum atomic E-state index is -0.173. The topological polar surface area (TPSA) is 45.2 Å². The maximum atomic E-state index is 12.2. The lowest BCUT2D eigenvalue weighted by molar-refractivity contribution is 0.102. The molecule has 3 rings (SSSR count). The van der Waals surface area contributed by atoms with Gasteiger partial charge >= 0.3 is 0 Å². The van der Waals surface area contributed by atoms with Crippen molar-refractivity contribution in [2.75, 3.05) is 23.3 Å². The zero-order valence-corrected chi connectivity index (χ0v) is 12.7. The Morgan fingerprint density at radius 2 is 1.68 bits per heavy atom. The van der Waals surface area contributed by atoms with Crippen LogP contribution in [0.3, 0.4) is 0 Å².